The van der Waals surface area contributed by atoms with Crippen molar-refractivity contribution in [1.82, 2.24) is 14.7 Å². The van der Waals surface area contributed by atoms with Gasteiger partial charge in [-0.05, 0) is 109 Å². The topological polar surface area (TPSA) is 9.72 Å². The highest BCUT2D eigenvalue weighted by Crippen LogP contribution is 2.44. The van der Waals surface area contributed by atoms with Gasteiger partial charge in [0.1, 0.15) is 0 Å². The number of rotatable bonds is 11. The average Bonchev–Trinajstić information content (AvgIpc) is 2.72. The number of hydrogen-bond donors (Lipinski definition) is 0. The Morgan fingerprint density at radius 1 is 0.600 bits per heavy atom. The van der Waals surface area contributed by atoms with Crippen LogP contribution in [0.2, 0.25) is 0 Å². The zero-order chi connectivity index (χ0) is 26.9. The first-order chi connectivity index (χ1) is 15.8. The van der Waals surface area contributed by atoms with E-state index in [1.54, 1.807) is 0 Å². The largest absolute Gasteiger partial charge is 0.298 e. The molecule has 2 fully saturated rings. The van der Waals surface area contributed by atoms with Crippen LogP contribution in [0, 0.1) is 22.7 Å². The molecule has 2 aliphatic rings. The minimum Gasteiger partial charge on any atom is -0.298 e. The highest BCUT2D eigenvalue weighted by Gasteiger charge is 2.43. The summed E-state index contributed by atoms with van der Waals surface area (Å²) in [6.07, 6.45) is 7.89. The molecule has 35 heavy (non-hydrogen) atoms. The van der Waals surface area contributed by atoms with E-state index in [9.17, 15) is 0 Å². The molecule has 0 radical (unpaired) electrons. The van der Waals surface area contributed by atoms with Gasteiger partial charge in [0.15, 0.2) is 0 Å². The Balaban J connectivity index is 1.93. The van der Waals surface area contributed by atoms with Crippen LogP contribution in [0.25, 0.3) is 0 Å². The number of likely N-dealkylation sites (tertiary alicyclic amines) is 1. The quantitative estimate of drug-likeness (QED) is 0.290. The van der Waals surface area contributed by atoms with E-state index < -0.39 is 0 Å². The highest BCUT2D eigenvalue weighted by molar-refractivity contribution is 4.97. The molecule has 2 saturated heterocycles. The molecule has 2 aliphatic heterocycles. The smallest absolute Gasteiger partial charge is 0.0159 e. The standard InChI is InChI=1S/C32H65N3/c1-14-17-30(8,9)33-18-15-27(16-19-33)29(6,7)25-32(12,13)35-22-20-34(21-23-35)31(10,11)24-28(4,5)26(2)3/h26-27H,14-25H2,1-13H3. The Morgan fingerprint density at radius 2 is 1.00 bits per heavy atom. The highest BCUT2D eigenvalue weighted by atomic mass is 15.3. The molecule has 0 bridgehead atoms. The molecule has 0 aromatic carbocycles. The van der Waals surface area contributed by atoms with E-state index in [1.807, 2.05) is 0 Å². The molecular weight excluding hydrogens is 426 g/mol. The molecule has 3 nitrogen and oxygen atoms in total. The number of piperazine rings is 1. The number of piperidine rings is 1. The van der Waals surface area contributed by atoms with Gasteiger partial charge in [-0.25, -0.2) is 0 Å². The second kappa shape index (κ2) is 11.3. The Hall–Kier alpha value is -0.120. The van der Waals surface area contributed by atoms with Crippen molar-refractivity contribution >= 4 is 0 Å². The van der Waals surface area contributed by atoms with Gasteiger partial charge in [-0.3, -0.25) is 14.7 Å². The molecule has 0 aromatic rings. The SMILES string of the molecule is CCCC(C)(C)N1CCC(C(C)(C)CC(C)(C)N2CCN(C(C)(C)CC(C)(C)C(C)C)CC2)CC1. The predicted octanol–water partition coefficient (Wildman–Crippen LogP) is 7.94. The van der Waals surface area contributed by atoms with E-state index in [0.717, 1.165) is 5.92 Å². The van der Waals surface area contributed by atoms with Crippen LogP contribution in [0.15, 0.2) is 0 Å². The molecule has 2 heterocycles. The fraction of sp³-hybridized carbons (Fsp3) is 1.00. The van der Waals surface area contributed by atoms with Crippen LogP contribution in [-0.4, -0.2) is 70.6 Å². The van der Waals surface area contributed by atoms with Gasteiger partial charge in [0, 0.05) is 42.8 Å². The normalized spacial score (nSPS) is 21.8. The lowest BCUT2D eigenvalue weighted by Crippen LogP contribution is -2.60. The van der Waals surface area contributed by atoms with E-state index in [4.69, 9.17) is 0 Å². The summed E-state index contributed by atoms with van der Waals surface area (Å²) in [5.41, 5.74) is 1.66. The summed E-state index contributed by atoms with van der Waals surface area (Å²) in [7, 11) is 0. The summed E-state index contributed by atoms with van der Waals surface area (Å²) in [4.78, 5) is 8.37. The van der Waals surface area contributed by atoms with E-state index in [2.05, 4.69) is 105 Å². The van der Waals surface area contributed by atoms with Crippen LogP contribution < -0.4 is 0 Å². The maximum absolute atomic E-state index is 2.81. The zero-order valence-corrected chi connectivity index (χ0v) is 26.5. The van der Waals surface area contributed by atoms with Crippen LogP contribution in [0.4, 0.5) is 0 Å². The van der Waals surface area contributed by atoms with Crippen LogP contribution in [-0.2, 0) is 0 Å². The fourth-order valence-electron chi connectivity index (χ4n) is 7.76. The third-order valence-corrected chi connectivity index (χ3v) is 10.6. The van der Waals surface area contributed by atoms with Crippen LogP contribution in [0.3, 0.4) is 0 Å². The minimum atomic E-state index is 0.259. The maximum Gasteiger partial charge on any atom is 0.0159 e. The molecule has 208 valence electrons. The van der Waals surface area contributed by atoms with Gasteiger partial charge < -0.3 is 0 Å². The summed E-state index contributed by atoms with van der Waals surface area (Å²) >= 11 is 0. The van der Waals surface area contributed by atoms with Crippen molar-refractivity contribution in [3.8, 4) is 0 Å². The summed E-state index contributed by atoms with van der Waals surface area (Å²) in [6.45, 7) is 39.4. The summed E-state index contributed by atoms with van der Waals surface area (Å²) in [5.74, 6) is 1.56. The van der Waals surface area contributed by atoms with Gasteiger partial charge in [-0.15, -0.1) is 0 Å². The van der Waals surface area contributed by atoms with Crippen molar-refractivity contribution in [3.05, 3.63) is 0 Å². The van der Waals surface area contributed by atoms with Gasteiger partial charge in [0.05, 0.1) is 0 Å². The van der Waals surface area contributed by atoms with Crippen LogP contribution in [0.1, 0.15) is 129 Å². The van der Waals surface area contributed by atoms with Crippen LogP contribution in [0.5, 0.6) is 0 Å². The Kier molecular flexibility index (Phi) is 10.1. The second-order valence-corrected chi connectivity index (χ2v) is 15.9. The molecule has 2 rings (SSSR count). The fourth-order valence-corrected chi connectivity index (χ4v) is 7.76. The lowest BCUT2D eigenvalue weighted by Gasteiger charge is -2.53. The molecule has 0 amide bonds. The van der Waals surface area contributed by atoms with E-state index in [0.29, 0.717) is 22.3 Å². The van der Waals surface area contributed by atoms with Crippen molar-refractivity contribution in [3.63, 3.8) is 0 Å². The van der Waals surface area contributed by atoms with Crippen molar-refractivity contribution in [2.24, 2.45) is 22.7 Å². The van der Waals surface area contributed by atoms with Gasteiger partial charge in [-0.2, -0.15) is 0 Å². The Bertz CT molecular complexity index is 642. The lowest BCUT2D eigenvalue weighted by atomic mass is 9.67. The first kappa shape index (κ1) is 31.1. The summed E-state index contributed by atoms with van der Waals surface area (Å²) < 4.78 is 0. The molecule has 0 saturated carbocycles. The predicted molar refractivity (Wildman–Crippen MR) is 156 cm³/mol. The van der Waals surface area contributed by atoms with Crippen molar-refractivity contribution in [2.45, 2.75) is 145 Å². The minimum absolute atomic E-state index is 0.259. The van der Waals surface area contributed by atoms with Crippen molar-refractivity contribution in [2.75, 3.05) is 39.3 Å². The van der Waals surface area contributed by atoms with E-state index >= 15 is 0 Å². The Morgan fingerprint density at radius 3 is 1.40 bits per heavy atom. The average molecular weight is 492 g/mol. The van der Waals surface area contributed by atoms with E-state index in [-0.39, 0.29) is 11.1 Å². The van der Waals surface area contributed by atoms with Gasteiger partial charge in [0.25, 0.3) is 0 Å². The van der Waals surface area contributed by atoms with Gasteiger partial charge >= 0.3 is 0 Å². The van der Waals surface area contributed by atoms with Crippen molar-refractivity contribution < 1.29 is 0 Å². The summed E-state index contributed by atoms with van der Waals surface area (Å²) in [5, 5.41) is 0. The summed E-state index contributed by atoms with van der Waals surface area (Å²) in [6, 6.07) is 0. The van der Waals surface area contributed by atoms with Crippen LogP contribution >= 0.6 is 0 Å². The Labute approximate surface area is 221 Å². The first-order valence-corrected chi connectivity index (χ1v) is 15.1. The third-order valence-electron chi connectivity index (χ3n) is 10.6. The molecule has 0 N–H and O–H groups in total. The molecule has 0 unspecified atom stereocenters. The van der Waals surface area contributed by atoms with Gasteiger partial charge in [-0.1, -0.05) is 54.9 Å². The van der Waals surface area contributed by atoms with Crippen molar-refractivity contribution in [1.29, 1.82) is 0 Å². The lowest BCUT2D eigenvalue weighted by molar-refractivity contribution is -0.0359. The first-order valence-electron chi connectivity index (χ1n) is 15.1. The molecule has 0 aromatic heterocycles. The number of hydrogen-bond acceptors (Lipinski definition) is 3. The third kappa shape index (κ3) is 7.93. The monoisotopic (exact) mass is 492 g/mol. The maximum atomic E-state index is 2.81. The molecule has 3 heteroatoms. The van der Waals surface area contributed by atoms with Gasteiger partial charge in [0.2, 0.25) is 0 Å². The number of nitrogens with zero attached hydrogens (tertiary/aromatic N) is 3. The molecule has 0 spiro atoms. The zero-order valence-electron chi connectivity index (χ0n) is 26.5. The molecular formula is C32H65N3. The van der Waals surface area contributed by atoms with E-state index in [1.165, 1.54) is 77.8 Å². The molecule has 0 aliphatic carbocycles. The second-order valence-electron chi connectivity index (χ2n) is 15.9. The molecule has 0 atom stereocenters.